The van der Waals surface area contributed by atoms with Crippen molar-refractivity contribution in [3.05, 3.63) is 52.1 Å². The SMILES string of the molecule is C=C(C)C(C)(C)C(O)c1ccc([N+](=O)[O-])cc1. The molecule has 1 atom stereocenters. The highest BCUT2D eigenvalue weighted by Gasteiger charge is 2.30. The Labute approximate surface area is 101 Å². The van der Waals surface area contributed by atoms with Crippen molar-refractivity contribution in [1.82, 2.24) is 0 Å². The minimum atomic E-state index is -0.721. The molecular formula is C13H17NO3. The van der Waals surface area contributed by atoms with Crippen LogP contribution in [0.3, 0.4) is 0 Å². The normalized spacial score (nSPS) is 13.2. The highest BCUT2D eigenvalue weighted by Crippen LogP contribution is 2.38. The van der Waals surface area contributed by atoms with Crippen molar-refractivity contribution in [2.75, 3.05) is 0 Å². The van der Waals surface area contributed by atoms with E-state index in [1.165, 1.54) is 12.1 Å². The molecule has 0 radical (unpaired) electrons. The summed E-state index contributed by atoms with van der Waals surface area (Å²) in [6.07, 6.45) is -0.721. The summed E-state index contributed by atoms with van der Waals surface area (Å²) in [5, 5.41) is 20.7. The van der Waals surface area contributed by atoms with Crippen molar-refractivity contribution in [2.24, 2.45) is 5.41 Å². The first-order chi connectivity index (χ1) is 7.76. The van der Waals surface area contributed by atoms with E-state index < -0.39 is 16.4 Å². The zero-order valence-electron chi connectivity index (χ0n) is 10.3. The summed E-state index contributed by atoms with van der Waals surface area (Å²) < 4.78 is 0. The van der Waals surface area contributed by atoms with Crippen molar-refractivity contribution < 1.29 is 10.0 Å². The first-order valence-corrected chi connectivity index (χ1v) is 5.35. The number of hydrogen-bond donors (Lipinski definition) is 1. The Kier molecular flexibility index (Phi) is 3.68. The molecule has 0 fully saturated rings. The molecule has 1 aromatic carbocycles. The van der Waals surface area contributed by atoms with Gasteiger partial charge in [0.25, 0.3) is 5.69 Å². The first kappa shape index (κ1) is 13.4. The summed E-state index contributed by atoms with van der Waals surface area (Å²) in [5.74, 6) is 0. The van der Waals surface area contributed by atoms with Crippen LogP contribution in [-0.2, 0) is 0 Å². The van der Waals surface area contributed by atoms with Crippen LogP contribution in [0.4, 0.5) is 5.69 Å². The Hall–Kier alpha value is -1.68. The topological polar surface area (TPSA) is 63.4 Å². The van der Waals surface area contributed by atoms with Crippen molar-refractivity contribution in [1.29, 1.82) is 0 Å². The third kappa shape index (κ3) is 2.71. The number of hydrogen-bond acceptors (Lipinski definition) is 3. The van der Waals surface area contributed by atoms with Crippen LogP contribution in [0.25, 0.3) is 0 Å². The lowest BCUT2D eigenvalue weighted by molar-refractivity contribution is -0.384. The molecular weight excluding hydrogens is 218 g/mol. The van der Waals surface area contributed by atoms with E-state index in [0.29, 0.717) is 5.56 Å². The molecule has 0 saturated carbocycles. The van der Waals surface area contributed by atoms with Gasteiger partial charge in [0.2, 0.25) is 0 Å². The van der Waals surface area contributed by atoms with Crippen LogP contribution in [-0.4, -0.2) is 10.0 Å². The zero-order chi connectivity index (χ0) is 13.2. The molecule has 4 heteroatoms. The summed E-state index contributed by atoms with van der Waals surface area (Å²) in [6, 6.07) is 5.95. The average Bonchev–Trinajstić information content (AvgIpc) is 2.27. The number of nitro benzene ring substituents is 1. The van der Waals surface area contributed by atoms with Gasteiger partial charge in [0.15, 0.2) is 0 Å². The van der Waals surface area contributed by atoms with Crippen LogP contribution < -0.4 is 0 Å². The Morgan fingerprint density at radius 3 is 2.24 bits per heavy atom. The van der Waals surface area contributed by atoms with Crippen molar-refractivity contribution in [2.45, 2.75) is 26.9 Å². The maximum Gasteiger partial charge on any atom is 0.269 e. The number of rotatable bonds is 4. The highest BCUT2D eigenvalue weighted by atomic mass is 16.6. The monoisotopic (exact) mass is 235 g/mol. The van der Waals surface area contributed by atoms with Gasteiger partial charge in [-0.05, 0) is 24.6 Å². The number of non-ortho nitro benzene ring substituents is 1. The van der Waals surface area contributed by atoms with E-state index in [9.17, 15) is 15.2 Å². The van der Waals surface area contributed by atoms with Crippen LogP contribution in [0.15, 0.2) is 36.4 Å². The van der Waals surface area contributed by atoms with Crippen LogP contribution in [0.1, 0.15) is 32.4 Å². The number of benzene rings is 1. The second-order valence-electron chi connectivity index (χ2n) is 4.75. The number of nitrogens with zero attached hydrogens (tertiary/aromatic N) is 1. The van der Waals surface area contributed by atoms with Crippen molar-refractivity contribution >= 4 is 5.69 Å². The van der Waals surface area contributed by atoms with Gasteiger partial charge in [-0.2, -0.15) is 0 Å². The molecule has 0 spiro atoms. The molecule has 4 nitrogen and oxygen atoms in total. The third-order valence-electron chi connectivity index (χ3n) is 3.20. The largest absolute Gasteiger partial charge is 0.388 e. The molecule has 1 N–H and O–H groups in total. The fourth-order valence-corrected chi connectivity index (χ4v) is 1.43. The standard InChI is InChI=1S/C13H17NO3/c1-9(2)13(3,4)12(15)10-5-7-11(8-6-10)14(16)17/h5-8,12,15H,1H2,2-4H3. The lowest BCUT2D eigenvalue weighted by atomic mass is 9.77. The van der Waals surface area contributed by atoms with E-state index in [0.717, 1.165) is 5.57 Å². The maximum absolute atomic E-state index is 10.5. The third-order valence-corrected chi connectivity index (χ3v) is 3.20. The lowest BCUT2D eigenvalue weighted by Gasteiger charge is -2.31. The second-order valence-corrected chi connectivity index (χ2v) is 4.75. The summed E-state index contributed by atoms with van der Waals surface area (Å²) in [5.41, 5.74) is 1.08. The van der Waals surface area contributed by atoms with Gasteiger partial charge in [0.05, 0.1) is 11.0 Å². The second kappa shape index (κ2) is 4.67. The molecule has 0 saturated heterocycles. The molecule has 0 aliphatic carbocycles. The lowest BCUT2D eigenvalue weighted by Crippen LogP contribution is -2.22. The van der Waals surface area contributed by atoms with E-state index in [4.69, 9.17) is 0 Å². The zero-order valence-corrected chi connectivity index (χ0v) is 10.3. The van der Waals surface area contributed by atoms with Crippen molar-refractivity contribution in [3.63, 3.8) is 0 Å². The molecule has 0 aromatic heterocycles. The molecule has 0 aliphatic heterocycles. The molecule has 1 unspecified atom stereocenters. The van der Waals surface area contributed by atoms with Gasteiger partial charge in [-0.1, -0.05) is 26.0 Å². The van der Waals surface area contributed by atoms with E-state index >= 15 is 0 Å². The van der Waals surface area contributed by atoms with Gasteiger partial charge < -0.3 is 5.11 Å². The quantitative estimate of drug-likeness (QED) is 0.495. The fourth-order valence-electron chi connectivity index (χ4n) is 1.43. The average molecular weight is 235 g/mol. The van der Waals surface area contributed by atoms with Gasteiger partial charge in [0, 0.05) is 17.5 Å². The number of nitro groups is 1. The maximum atomic E-state index is 10.5. The molecule has 92 valence electrons. The fraction of sp³-hybridized carbons (Fsp3) is 0.385. The summed E-state index contributed by atoms with van der Waals surface area (Å²) in [4.78, 5) is 10.1. The molecule has 0 aliphatic rings. The van der Waals surface area contributed by atoms with Crippen molar-refractivity contribution in [3.8, 4) is 0 Å². The Bertz CT molecular complexity index is 434. The minimum absolute atomic E-state index is 0.0223. The molecule has 1 aromatic rings. The van der Waals surface area contributed by atoms with Crippen LogP contribution >= 0.6 is 0 Å². The summed E-state index contributed by atoms with van der Waals surface area (Å²) in [6.45, 7) is 9.49. The molecule has 0 heterocycles. The smallest absolute Gasteiger partial charge is 0.269 e. The van der Waals surface area contributed by atoms with Gasteiger partial charge in [-0.3, -0.25) is 10.1 Å². The predicted octanol–water partition coefficient (Wildman–Crippen LogP) is 3.23. The van der Waals surface area contributed by atoms with E-state index in [1.54, 1.807) is 12.1 Å². The van der Waals surface area contributed by atoms with Gasteiger partial charge in [0.1, 0.15) is 0 Å². The number of aliphatic hydroxyl groups excluding tert-OH is 1. The Balaban J connectivity index is 3.02. The number of aliphatic hydroxyl groups is 1. The Morgan fingerprint density at radius 2 is 1.88 bits per heavy atom. The molecule has 0 amide bonds. The minimum Gasteiger partial charge on any atom is -0.388 e. The van der Waals surface area contributed by atoms with Gasteiger partial charge >= 0.3 is 0 Å². The van der Waals surface area contributed by atoms with E-state index in [-0.39, 0.29) is 5.69 Å². The first-order valence-electron chi connectivity index (χ1n) is 5.35. The van der Waals surface area contributed by atoms with Gasteiger partial charge in [-0.25, -0.2) is 0 Å². The molecule has 17 heavy (non-hydrogen) atoms. The summed E-state index contributed by atoms with van der Waals surface area (Å²) >= 11 is 0. The predicted molar refractivity (Wildman–Crippen MR) is 66.7 cm³/mol. The molecule has 0 bridgehead atoms. The highest BCUT2D eigenvalue weighted by molar-refractivity contribution is 5.35. The molecule has 1 rings (SSSR count). The van der Waals surface area contributed by atoms with Crippen LogP contribution in [0.5, 0.6) is 0 Å². The Morgan fingerprint density at radius 1 is 1.41 bits per heavy atom. The van der Waals surface area contributed by atoms with Gasteiger partial charge in [-0.15, -0.1) is 0 Å². The summed E-state index contributed by atoms with van der Waals surface area (Å²) in [7, 11) is 0. The van der Waals surface area contributed by atoms with E-state index in [1.807, 2.05) is 20.8 Å². The van der Waals surface area contributed by atoms with Crippen LogP contribution in [0.2, 0.25) is 0 Å². The van der Waals surface area contributed by atoms with Crippen LogP contribution in [0, 0.1) is 15.5 Å². The van der Waals surface area contributed by atoms with E-state index in [2.05, 4.69) is 6.58 Å².